The number of non-ortho nitro benzene ring substituents is 1. The predicted octanol–water partition coefficient (Wildman–Crippen LogP) is 3.04. The smallest absolute Gasteiger partial charge is 0.275 e. The first-order valence-electron chi connectivity index (χ1n) is 4.12. The minimum Gasteiger partial charge on any atom is -0.375 e. The predicted molar refractivity (Wildman–Crippen MR) is 56.5 cm³/mol. The van der Waals surface area contributed by atoms with Crippen LogP contribution in [0.25, 0.3) is 0 Å². The minimum atomic E-state index is -1.05. The number of nitro benzene ring substituents is 1. The van der Waals surface area contributed by atoms with Gasteiger partial charge in [-0.2, -0.15) is 0 Å². The van der Waals surface area contributed by atoms with Crippen LogP contribution in [-0.2, 0) is 0 Å². The Morgan fingerprint density at radius 1 is 1.50 bits per heavy atom. The van der Waals surface area contributed by atoms with E-state index in [9.17, 15) is 18.9 Å². The lowest BCUT2D eigenvalue weighted by molar-refractivity contribution is -0.385. The maximum Gasteiger partial charge on any atom is 0.275 e. The Balaban J connectivity index is 3.03. The summed E-state index contributed by atoms with van der Waals surface area (Å²) in [7, 11) is 0. The summed E-state index contributed by atoms with van der Waals surface area (Å²) in [5, 5.41) is 12.8. The van der Waals surface area contributed by atoms with Crippen LogP contribution in [-0.4, -0.2) is 11.5 Å². The maximum atomic E-state index is 13.2. The molecular formula is C9H7ClF2N2O2. The molecule has 4 nitrogen and oxygen atoms in total. The van der Waals surface area contributed by atoms with Gasteiger partial charge in [-0.15, -0.1) is 0 Å². The van der Waals surface area contributed by atoms with Gasteiger partial charge in [0.25, 0.3) is 5.69 Å². The van der Waals surface area contributed by atoms with Gasteiger partial charge in [0, 0.05) is 5.03 Å². The zero-order chi connectivity index (χ0) is 12.3. The topological polar surface area (TPSA) is 55.2 Å². The van der Waals surface area contributed by atoms with Crippen molar-refractivity contribution in [1.82, 2.24) is 0 Å². The molecule has 0 aliphatic heterocycles. The zero-order valence-electron chi connectivity index (χ0n) is 7.97. The van der Waals surface area contributed by atoms with E-state index < -0.39 is 27.9 Å². The normalized spacial score (nSPS) is 9.94. The Hall–Kier alpha value is -1.69. The third-order valence-electron chi connectivity index (χ3n) is 1.69. The van der Waals surface area contributed by atoms with E-state index in [1.807, 2.05) is 0 Å². The summed E-state index contributed by atoms with van der Waals surface area (Å²) < 4.78 is 26.5. The SMILES string of the molecule is C=C(Cl)CNc1c(F)cc([N+](=O)[O-])cc1F. The fourth-order valence-corrected chi connectivity index (χ4v) is 1.09. The van der Waals surface area contributed by atoms with Gasteiger partial charge in [0.2, 0.25) is 0 Å². The minimum absolute atomic E-state index is 0.0345. The van der Waals surface area contributed by atoms with Gasteiger partial charge in [0.1, 0.15) is 5.69 Å². The summed E-state index contributed by atoms with van der Waals surface area (Å²) in [4.78, 5) is 9.42. The Morgan fingerprint density at radius 3 is 2.38 bits per heavy atom. The summed E-state index contributed by atoms with van der Waals surface area (Å²) in [5.74, 6) is -2.10. The van der Waals surface area contributed by atoms with Crippen LogP contribution < -0.4 is 5.32 Å². The van der Waals surface area contributed by atoms with Crippen molar-refractivity contribution in [3.8, 4) is 0 Å². The first-order valence-corrected chi connectivity index (χ1v) is 4.50. The number of halogens is 3. The molecule has 0 saturated heterocycles. The van der Waals surface area contributed by atoms with Crippen molar-refractivity contribution in [1.29, 1.82) is 0 Å². The summed E-state index contributed by atoms with van der Waals surface area (Å²) in [6.45, 7) is 3.29. The lowest BCUT2D eigenvalue weighted by Gasteiger charge is -2.07. The third kappa shape index (κ3) is 2.90. The van der Waals surface area contributed by atoms with Crippen molar-refractivity contribution in [2.24, 2.45) is 0 Å². The number of hydrogen-bond acceptors (Lipinski definition) is 3. The largest absolute Gasteiger partial charge is 0.375 e. The molecule has 0 spiro atoms. The molecule has 0 fully saturated rings. The highest BCUT2D eigenvalue weighted by Gasteiger charge is 2.16. The summed E-state index contributed by atoms with van der Waals surface area (Å²) in [5.41, 5.74) is -1.11. The highest BCUT2D eigenvalue weighted by Crippen LogP contribution is 2.24. The van der Waals surface area contributed by atoms with Crippen LogP contribution in [0.1, 0.15) is 0 Å². The van der Waals surface area contributed by atoms with Crippen LogP contribution in [0.3, 0.4) is 0 Å². The summed E-state index contributed by atoms with van der Waals surface area (Å²) >= 11 is 5.40. The average Bonchev–Trinajstić information content (AvgIpc) is 2.15. The Bertz CT molecular complexity index is 428. The molecule has 1 aromatic rings. The number of anilines is 1. The molecule has 7 heteroatoms. The van der Waals surface area contributed by atoms with Gasteiger partial charge >= 0.3 is 0 Å². The van der Waals surface area contributed by atoms with Gasteiger partial charge < -0.3 is 5.32 Å². The molecule has 0 bridgehead atoms. The number of nitrogens with one attached hydrogen (secondary N) is 1. The molecular weight excluding hydrogens is 242 g/mol. The third-order valence-corrected chi connectivity index (χ3v) is 1.83. The fraction of sp³-hybridized carbons (Fsp3) is 0.111. The molecule has 1 N–H and O–H groups in total. The highest BCUT2D eigenvalue weighted by molar-refractivity contribution is 6.29. The molecule has 0 aliphatic carbocycles. The van der Waals surface area contributed by atoms with Crippen molar-refractivity contribution in [3.63, 3.8) is 0 Å². The fourth-order valence-electron chi connectivity index (χ4n) is 1.02. The number of nitrogens with zero attached hydrogens (tertiary/aromatic N) is 1. The molecule has 16 heavy (non-hydrogen) atoms. The molecule has 0 aliphatic rings. The quantitative estimate of drug-likeness (QED) is 0.658. The van der Waals surface area contributed by atoms with Crippen molar-refractivity contribution >= 4 is 23.0 Å². The van der Waals surface area contributed by atoms with Gasteiger partial charge in [0.05, 0.1) is 23.6 Å². The lowest BCUT2D eigenvalue weighted by atomic mass is 10.2. The van der Waals surface area contributed by atoms with E-state index in [2.05, 4.69) is 11.9 Å². The van der Waals surface area contributed by atoms with E-state index in [-0.39, 0.29) is 11.6 Å². The van der Waals surface area contributed by atoms with E-state index in [1.54, 1.807) is 0 Å². The van der Waals surface area contributed by atoms with E-state index in [0.29, 0.717) is 12.1 Å². The Labute approximate surface area is 94.7 Å². The summed E-state index contributed by atoms with van der Waals surface area (Å²) in [6.07, 6.45) is 0. The van der Waals surface area contributed by atoms with Crippen LogP contribution in [0.4, 0.5) is 20.2 Å². The average molecular weight is 249 g/mol. The molecule has 0 amide bonds. The van der Waals surface area contributed by atoms with Crippen molar-refractivity contribution in [3.05, 3.63) is 45.5 Å². The van der Waals surface area contributed by atoms with Gasteiger partial charge in [-0.05, 0) is 0 Å². The highest BCUT2D eigenvalue weighted by atomic mass is 35.5. The van der Waals surface area contributed by atoms with E-state index in [4.69, 9.17) is 11.6 Å². The number of rotatable bonds is 4. The van der Waals surface area contributed by atoms with Crippen LogP contribution in [0, 0.1) is 21.7 Å². The molecule has 86 valence electrons. The second-order valence-corrected chi connectivity index (χ2v) is 3.45. The summed E-state index contributed by atoms with van der Waals surface area (Å²) in [6, 6.07) is 1.25. The van der Waals surface area contributed by atoms with Crippen molar-refractivity contribution < 1.29 is 13.7 Å². The van der Waals surface area contributed by atoms with Crippen LogP contribution in [0.15, 0.2) is 23.7 Å². The molecule has 0 atom stereocenters. The van der Waals surface area contributed by atoms with E-state index in [0.717, 1.165) is 0 Å². The first kappa shape index (κ1) is 12.4. The van der Waals surface area contributed by atoms with Crippen LogP contribution in [0.5, 0.6) is 0 Å². The van der Waals surface area contributed by atoms with E-state index in [1.165, 1.54) is 0 Å². The number of hydrogen-bond donors (Lipinski definition) is 1. The molecule has 0 heterocycles. The molecule has 0 saturated carbocycles. The van der Waals surface area contributed by atoms with Gasteiger partial charge in [-0.1, -0.05) is 18.2 Å². The van der Waals surface area contributed by atoms with Gasteiger partial charge in [-0.3, -0.25) is 10.1 Å². The number of nitro groups is 1. The van der Waals surface area contributed by atoms with Crippen LogP contribution in [0.2, 0.25) is 0 Å². The molecule has 0 unspecified atom stereocenters. The van der Waals surface area contributed by atoms with Gasteiger partial charge in [0.15, 0.2) is 11.6 Å². The number of benzene rings is 1. The van der Waals surface area contributed by atoms with Crippen molar-refractivity contribution in [2.75, 3.05) is 11.9 Å². The van der Waals surface area contributed by atoms with Gasteiger partial charge in [-0.25, -0.2) is 8.78 Å². The molecule has 1 aromatic carbocycles. The first-order chi connectivity index (χ1) is 7.41. The lowest BCUT2D eigenvalue weighted by Crippen LogP contribution is -2.06. The van der Waals surface area contributed by atoms with Crippen molar-refractivity contribution in [2.45, 2.75) is 0 Å². The standard InChI is InChI=1S/C9H7ClF2N2O2/c1-5(10)4-13-9-7(11)2-6(14(15)16)3-8(9)12/h2-3,13H,1,4H2. The monoisotopic (exact) mass is 248 g/mol. The Kier molecular flexibility index (Phi) is 3.78. The second-order valence-electron chi connectivity index (χ2n) is 2.91. The molecule has 1 rings (SSSR count). The zero-order valence-corrected chi connectivity index (χ0v) is 8.72. The maximum absolute atomic E-state index is 13.2. The molecule has 0 radical (unpaired) electrons. The van der Waals surface area contributed by atoms with E-state index >= 15 is 0 Å². The molecule has 0 aromatic heterocycles. The second kappa shape index (κ2) is 4.89. The van der Waals surface area contributed by atoms with Crippen LogP contribution >= 0.6 is 11.6 Å². The Morgan fingerprint density at radius 2 is 2.00 bits per heavy atom.